The predicted octanol–water partition coefficient (Wildman–Crippen LogP) is 1.99. The fourth-order valence-electron chi connectivity index (χ4n) is 3.65. The molecular weight excluding hydrogens is 537 g/mol. The molecular formula is C21H19Cl2N5O5S2. The van der Waals surface area contributed by atoms with E-state index in [1.807, 2.05) is 7.05 Å². The number of fused-ring (bicyclic) bond motifs is 1. The van der Waals surface area contributed by atoms with Crippen LogP contribution >= 0.6 is 46.7 Å². The summed E-state index contributed by atoms with van der Waals surface area (Å²) in [6.07, 6.45) is 3.38. The number of carbonyl (C=O) groups excluding carboxylic acids is 3. The van der Waals surface area contributed by atoms with E-state index in [4.69, 9.17) is 23.2 Å². The van der Waals surface area contributed by atoms with Crippen LogP contribution < -0.4 is 10.6 Å². The Kier molecular flexibility index (Phi) is 7.64. The third-order valence-corrected chi connectivity index (χ3v) is 8.36. The van der Waals surface area contributed by atoms with Crippen LogP contribution in [0.4, 0.5) is 0 Å². The Morgan fingerprint density at radius 2 is 2.00 bits per heavy atom. The number of halogens is 2. The zero-order valence-electron chi connectivity index (χ0n) is 18.2. The highest BCUT2D eigenvalue weighted by Crippen LogP contribution is 2.40. The third-order valence-electron chi connectivity index (χ3n) is 5.33. The molecule has 3 N–H and O–H groups in total. The van der Waals surface area contributed by atoms with Gasteiger partial charge in [0, 0.05) is 31.7 Å². The van der Waals surface area contributed by atoms with Gasteiger partial charge in [-0.15, -0.1) is 11.8 Å². The molecule has 2 aliphatic heterocycles. The largest absolute Gasteiger partial charge is 0.477 e. The van der Waals surface area contributed by atoms with E-state index in [-0.39, 0.29) is 45.3 Å². The maximum absolute atomic E-state index is 12.8. The zero-order valence-corrected chi connectivity index (χ0v) is 21.3. The number of carboxylic acid groups (broad SMARTS) is 1. The van der Waals surface area contributed by atoms with Crippen LogP contribution in [0, 0.1) is 0 Å². The Morgan fingerprint density at radius 3 is 2.63 bits per heavy atom. The second-order valence-electron chi connectivity index (χ2n) is 7.60. The molecule has 0 radical (unpaired) electrons. The monoisotopic (exact) mass is 555 g/mol. The molecule has 184 valence electrons. The molecule has 4 rings (SSSR count). The lowest BCUT2D eigenvalue weighted by Crippen LogP contribution is -2.70. The average Bonchev–Trinajstić information content (AvgIpc) is 3.23. The zero-order chi connectivity index (χ0) is 25.3. The van der Waals surface area contributed by atoms with Gasteiger partial charge >= 0.3 is 5.97 Å². The highest BCUT2D eigenvalue weighted by Gasteiger charge is 2.54. The molecule has 1 unspecified atom stereocenters. The molecule has 35 heavy (non-hydrogen) atoms. The summed E-state index contributed by atoms with van der Waals surface area (Å²) in [4.78, 5) is 55.0. The van der Waals surface area contributed by atoms with E-state index in [0.717, 1.165) is 4.90 Å². The fourth-order valence-corrected chi connectivity index (χ4v) is 6.30. The summed E-state index contributed by atoms with van der Waals surface area (Å²) in [5, 5.41) is 15.5. The molecule has 1 aromatic carbocycles. The Bertz CT molecular complexity index is 1230. The molecule has 1 aromatic heterocycles. The minimum Gasteiger partial charge on any atom is -0.477 e. The summed E-state index contributed by atoms with van der Waals surface area (Å²) in [7, 11) is 1.81. The quantitative estimate of drug-likeness (QED) is 0.332. The SMILES string of the molecule is Cn1ccnc1SCC(=O)NC1C(=O)N2C(C(=O)O)=C(CNC(=O)c3c(Cl)cccc3Cl)CS[C@@H]12. The van der Waals surface area contributed by atoms with Crippen LogP contribution in [0.25, 0.3) is 0 Å². The maximum Gasteiger partial charge on any atom is 0.352 e. The first-order chi connectivity index (χ1) is 16.7. The number of carboxylic acids is 1. The van der Waals surface area contributed by atoms with Crippen molar-refractivity contribution in [2.24, 2.45) is 7.05 Å². The van der Waals surface area contributed by atoms with Crippen molar-refractivity contribution in [1.29, 1.82) is 0 Å². The van der Waals surface area contributed by atoms with Crippen LogP contribution in [0.2, 0.25) is 10.0 Å². The van der Waals surface area contributed by atoms with Crippen LogP contribution in [0.5, 0.6) is 0 Å². The lowest BCUT2D eigenvalue weighted by atomic mass is 10.0. The Labute approximate surface area is 218 Å². The molecule has 0 spiro atoms. The van der Waals surface area contributed by atoms with Crippen molar-refractivity contribution >= 4 is 70.4 Å². The van der Waals surface area contributed by atoms with Crippen LogP contribution in [-0.4, -0.2) is 72.7 Å². The molecule has 0 saturated carbocycles. The maximum atomic E-state index is 12.8. The minimum absolute atomic E-state index is 0.0650. The van der Waals surface area contributed by atoms with Gasteiger partial charge in [-0.3, -0.25) is 19.3 Å². The topological polar surface area (TPSA) is 134 Å². The number of nitrogens with one attached hydrogen (secondary N) is 2. The summed E-state index contributed by atoms with van der Waals surface area (Å²) in [6, 6.07) is 3.81. The number of hydrogen-bond donors (Lipinski definition) is 3. The summed E-state index contributed by atoms with van der Waals surface area (Å²) in [6.45, 7) is -0.108. The highest BCUT2D eigenvalue weighted by atomic mass is 35.5. The normalized spacial score (nSPS) is 19.2. The predicted molar refractivity (Wildman–Crippen MR) is 132 cm³/mol. The van der Waals surface area contributed by atoms with Gasteiger partial charge in [-0.1, -0.05) is 41.0 Å². The molecule has 1 fully saturated rings. The first-order valence-corrected chi connectivity index (χ1v) is 13.0. The Balaban J connectivity index is 1.41. The van der Waals surface area contributed by atoms with Crippen molar-refractivity contribution < 1.29 is 24.3 Å². The number of thioether (sulfide) groups is 2. The van der Waals surface area contributed by atoms with Crippen LogP contribution in [0.3, 0.4) is 0 Å². The van der Waals surface area contributed by atoms with Crippen LogP contribution in [-0.2, 0) is 21.4 Å². The van der Waals surface area contributed by atoms with Crippen molar-refractivity contribution in [1.82, 2.24) is 25.1 Å². The van der Waals surface area contributed by atoms with Gasteiger partial charge in [-0.2, -0.15) is 0 Å². The Hall–Kier alpha value is -2.67. The second-order valence-corrected chi connectivity index (χ2v) is 10.5. The minimum atomic E-state index is -1.29. The number of rotatable bonds is 8. The number of carbonyl (C=O) groups is 4. The number of aryl methyl sites for hydroxylation is 1. The second kappa shape index (κ2) is 10.5. The van der Waals surface area contributed by atoms with Gasteiger partial charge in [0.15, 0.2) is 5.16 Å². The van der Waals surface area contributed by atoms with E-state index >= 15 is 0 Å². The van der Waals surface area contributed by atoms with Gasteiger partial charge in [0.2, 0.25) is 5.91 Å². The van der Waals surface area contributed by atoms with E-state index in [0.29, 0.717) is 10.7 Å². The average molecular weight is 556 g/mol. The van der Waals surface area contributed by atoms with Crippen molar-refractivity contribution in [2.45, 2.75) is 16.6 Å². The molecule has 3 heterocycles. The van der Waals surface area contributed by atoms with Gasteiger partial charge in [0.25, 0.3) is 11.8 Å². The number of nitrogens with zero attached hydrogens (tertiary/aromatic N) is 3. The van der Waals surface area contributed by atoms with Crippen molar-refractivity contribution in [2.75, 3.05) is 18.1 Å². The highest BCUT2D eigenvalue weighted by molar-refractivity contribution is 8.00. The van der Waals surface area contributed by atoms with Crippen LogP contribution in [0.1, 0.15) is 10.4 Å². The molecule has 0 aliphatic carbocycles. The molecule has 1 saturated heterocycles. The number of hydrogen-bond acceptors (Lipinski definition) is 7. The van der Waals surface area contributed by atoms with Gasteiger partial charge in [0.05, 0.1) is 21.4 Å². The number of aliphatic carboxylic acids is 1. The van der Waals surface area contributed by atoms with Crippen molar-refractivity contribution in [3.8, 4) is 0 Å². The van der Waals surface area contributed by atoms with E-state index < -0.39 is 29.2 Å². The summed E-state index contributed by atoms with van der Waals surface area (Å²) in [5.74, 6) is -2.41. The molecule has 2 atom stereocenters. The smallest absolute Gasteiger partial charge is 0.352 e. The molecule has 10 nitrogen and oxygen atoms in total. The van der Waals surface area contributed by atoms with E-state index in [9.17, 15) is 24.3 Å². The molecule has 3 amide bonds. The van der Waals surface area contributed by atoms with E-state index in [2.05, 4.69) is 15.6 Å². The summed E-state index contributed by atoms with van der Waals surface area (Å²) >= 11 is 14.7. The van der Waals surface area contributed by atoms with Crippen molar-refractivity contribution in [3.63, 3.8) is 0 Å². The number of benzene rings is 1. The van der Waals surface area contributed by atoms with Gasteiger partial charge in [0.1, 0.15) is 17.1 Å². The first-order valence-electron chi connectivity index (χ1n) is 10.2. The van der Waals surface area contributed by atoms with Gasteiger partial charge in [-0.25, -0.2) is 9.78 Å². The number of imidazole rings is 1. The van der Waals surface area contributed by atoms with Gasteiger partial charge < -0.3 is 20.3 Å². The Morgan fingerprint density at radius 1 is 1.29 bits per heavy atom. The molecule has 2 aromatic rings. The molecule has 14 heteroatoms. The summed E-state index contributed by atoms with van der Waals surface area (Å²) < 4.78 is 1.77. The van der Waals surface area contributed by atoms with Crippen LogP contribution in [0.15, 0.2) is 47.0 Å². The third kappa shape index (κ3) is 5.15. The van der Waals surface area contributed by atoms with Crippen molar-refractivity contribution in [3.05, 3.63) is 57.5 Å². The van der Waals surface area contributed by atoms with E-state index in [1.165, 1.54) is 35.7 Å². The molecule has 0 bridgehead atoms. The number of aromatic nitrogens is 2. The lowest BCUT2D eigenvalue weighted by Gasteiger charge is -2.49. The molecule has 2 aliphatic rings. The van der Waals surface area contributed by atoms with Gasteiger partial charge in [-0.05, 0) is 17.7 Å². The first kappa shape index (κ1) is 25.4. The number of β-lactam (4-membered cyclic amide) rings is 1. The lowest BCUT2D eigenvalue weighted by molar-refractivity contribution is -0.150. The summed E-state index contributed by atoms with van der Waals surface area (Å²) in [5.41, 5.74) is 0.247. The van der Waals surface area contributed by atoms with E-state index in [1.54, 1.807) is 23.0 Å². The number of amides is 3. The fraction of sp³-hybridized carbons (Fsp3) is 0.286. The standard InChI is InChI=1S/C21H19Cl2N5O5S2/c1-27-6-5-24-21(27)35-9-13(29)26-15-18(31)28-16(20(32)33)10(8-34-19(15)28)7-25-17(30)14-11(22)3-2-4-12(14)23/h2-6,15,19H,7-9H2,1H3,(H,25,30)(H,26,29)(H,32,33)/t15?,19-/m0/s1.